The van der Waals surface area contributed by atoms with Gasteiger partial charge in [0.15, 0.2) is 0 Å². The molecule has 1 atom stereocenters. The van der Waals surface area contributed by atoms with Crippen LogP contribution < -0.4 is 11.3 Å². The highest BCUT2D eigenvalue weighted by Crippen LogP contribution is 2.22. The van der Waals surface area contributed by atoms with Crippen LogP contribution in [-0.4, -0.2) is 17.4 Å². The second-order valence-electron chi connectivity index (χ2n) is 4.40. The van der Waals surface area contributed by atoms with E-state index in [2.05, 4.69) is 19.3 Å². The molecule has 17 heavy (non-hydrogen) atoms. The Morgan fingerprint density at radius 3 is 2.47 bits per heavy atom. The number of carbonyl (C=O) groups is 1. The lowest BCUT2D eigenvalue weighted by atomic mass is 10.0. The number of nitrogens with two attached hydrogens (primary N) is 1. The van der Waals surface area contributed by atoms with Crippen LogP contribution in [-0.2, 0) is 4.79 Å². The maximum atomic E-state index is 11.7. The van der Waals surface area contributed by atoms with Gasteiger partial charge in [-0.2, -0.15) is 11.8 Å². The maximum Gasteiger partial charge on any atom is 0.242 e. The molecule has 0 radical (unpaired) electrons. The first-order valence-electron chi connectivity index (χ1n) is 5.78. The van der Waals surface area contributed by atoms with Gasteiger partial charge in [0.25, 0.3) is 0 Å². The highest BCUT2D eigenvalue weighted by Gasteiger charge is 2.19. The first-order chi connectivity index (χ1) is 8.15. The summed E-state index contributed by atoms with van der Waals surface area (Å²) in [5.74, 6) is 7.42. The minimum Gasteiger partial charge on any atom is -0.294 e. The van der Waals surface area contributed by atoms with Gasteiger partial charge in [-0.1, -0.05) is 44.2 Å². The van der Waals surface area contributed by atoms with Gasteiger partial charge < -0.3 is 0 Å². The summed E-state index contributed by atoms with van der Waals surface area (Å²) >= 11 is 1.79. The summed E-state index contributed by atoms with van der Waals surface area (Å²) in [6, 6.07) is 9.77. The number of nitrogens with one attached hydrogen (secondary N) is 1. The standard InChI is InChI=1S/C13H20N2OS/c1-10(2)8-17-9-12(13(16)15-14)11-6-4-3-5-7-11/h3-7,10,12H,8-9,14H2,1-2H3,(H,15,16). The summed E-state index contributed by atoms with van der Waals surface area (Å²) in [6.07, 6.45) is 0. The molecule has 0 bridgehead atoms. The fraction of sp³-hybridized carbons (Fsp3) is 0.462. The first kappa shape index (κ1) is 14.1. The van der Waals surface area contributed by atoms with E-state index in [1.54, 1.807) is 11.8 Å². The van der Waals surface area contributed by atoms with Crippen LogP contribution in [0, 0.1) is 5.92 Å². The molecule has 94 valence electrons. The Morgan fingerprint density at radius 1 is 1.29 bits per heavy atom. The summed E-state index contributed by atoms with van der Waals surface area (Å²) in [7, 11) is 0. The Morgan fingerprint density at radius 2 is 1.94 bits per heavy atom. The highest BCUT2D eigenvalue weighted by molar-refractivity contribution is 7.99. The van der Waals surface area contributed by atoms with Crippen LogP contribution in [0.3, 0.4) is 0 Å². The van der Waals surface area contributed by atoms with Gasteiger partial charge in [-0.15, -0.1) is 0 Å². The quantitative estimate of drug-likeness (QED) is 0.463. The van der Waals surface area contributed by atoms with Crippen molar-refractivity contribution in [1.29, 1.82) is 0 Å². The molecule has 0 aliphatic rings. The topological polar surface area (TPSA) is 55.1 Å². The van der Waals surface area contributed by atoms with Crippen LogP contribution >= 0.6 is 11.8 Å². The van der Waals surface area contributed by atoms with Crippen molar-refractivity contribution < 1.29 is 4.79 Å². The molecule has 0 fully saturated rings. The Hall–Kier alpha value is -1.00. The summed E-state index contributed by atoms with van der Waals surface area (Å²) in [5.41, 5.74) is 3.27. The lowest BCUT2D eigenvalue weighted by Gasteiger charge is -2.15. The van der Waals surface area contributed by atoms with Crippen molar-refractivity contribution in [2.45, 2.75) is 19.8 Å². The minimum atomic E-state index is -0.162. The number of hydrogen-bond acceptors (Lipinski definition) is 3. The second-order valence-corrected chi connectivity index (χ2v) is 5.48. The van der Waals surface area contributed by atoms with Crippen molar-refractivity contribution in [2.75, 3.05) is 11.5 Å². The molecule has 0 saturated carbocycles. The van der Waals surface area contributed by atoms with Crippen molar-refractivity contribution in [2.24, 2.45) is 11.8 Å². The molecule has 0 saturated heterocycles. The van der Waals surface area contributed by atoms with Gasteiger partial charge in [-0.25, -0.2) is 5.84 Å². The molecular formula is C13H20N2OS. The normalized spacial score (nSPS) is 12.5. The molecule has 3 N–H and O–H groups in total. The van der Waals surface area contributed by atoms with E-state index in [-0.39, 0.29) is 11.8 Å². The number of benzene rings is 1. The van der Waals surface area contributed by atoms with E-state index in [0.29, 0.717) is 5.92 Å². The van der Waals surface area contributed by atoms with Crippen LogP contribution in [0.5, 0.6) is 0 Å². The van der Waals surface area contributed by atoms with Gasteiger partial charge in [0, 0.05) is 5.75 Å². The van der Waals surface area contributed by atoms with Crippen molar-refractivity contribution in [3.8, 4) is 0 Å². The Kier molecular flexibility index (Phi) is 6.08. The third-order valence-corrected chi connectivity index (χ3v) is 3.87. The number of carbonyl (C=O) groups excluding carboxylic acids is 1. The van der Waals surface area contributed by atoms with E-state index < -0.39 is 0 Å². The van der Waals surface area contributed by atoms with Crippen molar-refractivity contribution in [3.63, 3.8) is 0 Å². The van der Waals surface area contributed by atoms with Gasteiger partial charge in [0.05, 0.1) is 5.92 Å². The number of amides is 1. The Balaban J connectivity index is 2.65. The molecule has 0 aliphatic carbocycles. The first-order valence-corrected chi connectivity index (χ1v) is 6.93. The maximum absolute atomic E-state index is 11.7. The van der Waals surface area contributed by atoms with Crippen LogP contribution in [0.15, 0.2) is 30.3 Å². The molecule has 0 aromatic heterocycles. The highest BCUT2D eigenvalue weighted by atomic mass is 32.2. The van der Waals surface area contributed by atoms with Crippen molar-refractivity contribution in [1.82, 2.24) is 5.43 Å². The predicted molar refractivity (Wildman–Crippen MR) is 73.7 cm³/mol. The van der Waals surface area contributed by atoms with Crippen LogP contribution in [0.2, 0.25) is 0 Å². The van der Waals surface area contributed by atoms with E-state index in [0.717, 1.165) is 17.1 Å². The van der Waals surface area contributed by atoms with Gasteiger partial charge >= 0.3 is 0 Å². The number of rotatable bonds is 6. The molecule has 0 heterocycles. The molecule has 0 aliphatic heterocycles. The number of hydrazine groups is 1. The lowest BCUT2D eigenvalue weighted by molar-refractivity contribution is -0.122. The van der Waals surface area contributed by atoms with Crippen LogP contribution in [0.4, 0.5) is 0 Å². The minimum absolute atomic E-state index is 0.118. The summed E-state index contributed by atoms with van der Waals surface area (Å²) in [5, 5.41) is 0. The van der Waals surface area contributed by atoms with E-state index >= 15 is 0 Å². The molecule has 1 amide bonds. The van der Waals surface area contributed by atoms with Gasteiger partial charge in [0.2, 0.25) is 5.91 Å². The Bertz CT molecular complexity index is 341. The smallest absolute Gasteiger partial charge is 0.242 e. The van der Waals surface area contributed by atoms with E-state index in [4.69, 9.17) is 5.84 Å². The third-order valence-electron chi connectivity index (χ3n) is 2.40. The second kappa shape index (κ2) is 7.35. The van der Waals surface area contributed by atoms with E-state index in [1.807, 2.05) is 30.3 Å². The molecule has 1 aromatic carbocycles. The zero-order valence-electron chi connectivity index (χ0n) is 10.3. The predicted octanol–water partition coefficient (Wildman–Crippen LogP) is 2.15. The number of thioether (sulfide) groups is 1. The van der Waals surface area contributed by atoms with Crippen LogP contribution in [0.25, 0.3) is 0 Å². The van der Waals surface area contributed by atoms with E-state index in [9.17, 15) is 4.79 Å². The third kappa shape index (κ3) is 4.79. The van der Waals surface area contributed by atoms with Crippen LogP contribution in [0.1, 0.15) is 25.3 Å². The molecule has 1 unspecified atom stereocenters. The molecular weight excluding hydrogens is 232 g/mol. The largest absolute Gasteiger partial charge is 0.294 e. The monoisotopic (exact) mass is 252 g/mol. The summed E-state index contributed by atoms with van der Waals surface area (Å²) < 4.78 is 0. The van der Waals surface area contributed by atoms with Gasteiger partial charge in [-0.3, -0.25) is 10.2 Å². The molecule has 3 nitrogen and oxygen atoms in total. The molecule has 0 spiro atoms. The summed E-state index contributed by atoms with van der Waals surface area (Å²) in [4.78, 5) is 11.7. The average molecular weight is 252 g/mol. The summed E-state index contributed by atoms with van der Waals surface area (Å²) in [6.45, 7) is 4.35. The van der Waals surface area contributed by atoms with Crippen molar-refractivity contribution in [3.05, 3.63) is 35.9 Å². The SMILES string of the molecule is CC(C)CSCC(C(=O)NN)c1ccccc1. The molecule has 1 aromatic rings. The number of hydrogen-bond donors (Lipinski definition) is 2. The average Bonchev–Trinajstić information content (AvgIpc) is 2.34. The van der Waals surface area contributed by atoms with E-state index in [1.165, 1.54) is 0 Å². The lowest BCUT2D eigenvalue weighted by Crippen LogP contribution is -2.35. The van der Waals surface area contributed by atoms with Gasteiger partial charge in [0.1, 0.15) is 0 Å². The fourth-order valence-electron chi connectivity index (χ4n) is 1.53. The molecule has 4 heteroatoms. The van der Waals surface area contributed by atoms with Gasteiger partial charge in [-0.05, 0) is 17.2 Å². The van der Waals surface area contributed by atoms with Crippen molar-refractivity contribution >= 4 is 17.7 Å². The Labute approximate surface area is 107 Å². The zero-order chi connectivity index (χ0) is 12.7. The fourth-order valence-corrected chi connectivity index (χ4v) is 2.72. The zero-order valence-corrected chi connectivity index (χ0v) is 11.2. The molecule has 1 rings (SSSR count).